The monoisotopic (exact) mass is 357 g/mol. The topological polar surface area (TPSA) is 47.6 Å². The van der Waals surface area contributed by atoms with Crippen LogP contribution in [0.15, 0.2) is 24.3 Å². The van der Waals surface area contributed by atoms with Gasteiger partial charge in [-0.3, -0.25) is 4.79 Å². The molecular formula is C16H24BrNO3. The molecule has 1 aromatic carbocycles. The molecule has 0 aliphatic rings. The normalized spacial score (nSPS) is 13.8. The summed E-state index contributed by atoms with van der Waals surface area (Å²) in [5.41, 5.74) is -0.0857. The molecule has 0 fully saturated rings. The summed E-state index contributed by atoms with van der Waals surface area (Å²) in [4.78, 5) is 12.4. The van der Waals surface area contributed by atoms with Gasteiger partial charge in [-0.25, -0.2) is 0 Å². The number of ether oxygens (including phenoxy) is 2. The van der Waals surface area contributed by atoms with E-state index in [1.54, 1.807) is 7.11 Å². The van der Waals surface area contributed by atoms with E-state index in [9.17, 15) is 4.79 Å². The summed E-state index contributed by atoms with van der Waals surface area (Å²) < 4.78 is 10.9. The lowest BCUT2D eigenvalue weighted by molar-refractivity contribution is -0.137. The average Bonchev–Trinajstić information content (AvgIpc) is 2.45. The number of anilines is 1. The van der Waals surface area contributed by atoms with Gasteiger partial charge in [-0.2, -0.15) is 0 Å². The summed E-state index contributed by atoms with van der Waals surface area (Å²) in [6.07, 6.45) is 0.668. The Bertz CT molecular complexity index is 447. The van der Waals surface area contributed by atoms with E-state index in [4.69, 9.17) is 9.47 Å². The van der Waals surface area contributed by atoms with Crippen LogP contribution in [-0.4, -0.2) is 30.6 Å². The van der Waals surface area contributed by atoms with E-state index in [1.165, 1.54) is 0 Å². The number of halogens is 1. The van der Waals surface area contributed by atoms with Crippen molar-refractivity contribution in [3.05, 3.63) is 24.3 Å². The number of amides is 1. The van der Waals surface area contributed by atoms with Gasteiger partial charge in [0.15, 0.2) is 0 Å². The fourth-order valence-electron chi connectivity index (χ4n) is 2.10. The molecule has 21 heavy (non-hydrogen) atoms. The van der Waals surface area contributed by atoms with E-state index in [1.807, 2.05) is 31.2 Å². The Morgan fingerprint density at radius 1 is 1.33 bits per heavy atom. The number of methoxy groups -OCH3 is 1. The molecule has 0 saturated heterocycles. The van der Waals surface area contributed by atoms with Crippen molar-refractivity contribution in [3.63, 3.8) is 0 Å². The minimum absolute atomic E-state index is 0.132. The smallest absolute Gasteiger partial charge is 0.256 e. The van der Waals surface area contributed by atoms with Crippen LogP contribution in [0.2, 0.25) is 0 Å². The number of benzene rings is 1. The Balaban J connectivity index is 2.68. The highest BCUT2D eigenvalue weighted by Gasteiger charge is 2.33. The number of carbonyl (C=O) groups excluding carboxylic acids is 1. The molecule has 1 aromatic rings. The quantitative estimate of drug-likeness (QED) is 0.718. The van der Waals surface area contributed by atoms with Crippen molar-refractivity contribution in [2.75, 3.05) is 24.4 Å². The third-order valence-electron chi connectivity index (χ3n) is 3.19. The van der Waals surface area contributed by atoms with Gasteiger partial charge in [-0.05, 0) is 43.5 Å². The van der Waals surface area contributed by atoms with Crippen molar-refractivity contribution in [1.82, 2.24) is 0 Å². The molecule has 1 amide bonds. The van der Waals surface area contributed by atoms with Crippen molar-refractivity contribution >= 4 is 27.5 Å². The molecule has 4 nitrogen and oxygen atoms in total. The molecule has 0 saturated carbocycles. The zero-order chi connectivity index (χ0) is 15.9. The maximum atomic E-state index is 12.4. The fourth-order valence-corrected chi connectivity index (χ4v) is 2.26. The predicted octanol–water partition coefficient (Wildman–Crippen LogP) is 3.85. The molecule has 0 radical (unpaired) electrons. The van der Waals surface area contributed by atoms with Crippen LogP contribution in [-0.2, 0) is 9.53 Å². The Labute approximate surface area is 135 Å². The maximum Gasteiger partial charge on any atom is 0.256 e. The van der Waals surface area contributed by atoms with Gasteiger partial charge in [0.25, 0.3) is 5.91 Å². The highest BCUT2D eigenvalue weighted by atomic mass is 79.9. The van der Waals surface area contributed by atoms with Gasteiger partial charge in [-0.15, -0.1) is 0 Å². The van der Waals surface area contributed by atoms with E-state index in [-0.39, 0.29) is 5.91 Å². The standard InChI is InChI=1S/C16H24BrNO3/c1-12(2)11-16(3,20-4)15(19)18-13-5-7-14(8-6-13)21-10-9-17/h5-8,12H,9-11H2,1-4H3,(H,18,19)/t16-/m0/s1. The molecule has 0 aliphatic heterocycles. The summed E-state index contributed by atoms with van der Waals surface area (Å²) >= 11 is 3.31. The van der Waals surface area contributed by atoms with E-state index in [2.05, 4.69) is 35.1 Å². The van der Waals surface area contributed by atoms with Crippen LogP contribution in [0.4, 0.5) is 5.69 Å². The summed E-state index contributed by atoms with van der Waals surface area (Å²) in [7, 11) is 1.57. The molecule has 5 heteroatoms. The van der Waals surface area contributed by atoms with Crippen LogP contribution in [0, 0.1) is 5.92 Å². The molecule has 0 aromatic heterocycles. The number of carbonyl (C=O) groups is 1. The number of nitrogens with one attached hydrogen (secondary N) is 1. The van der Waals surface area contributed by atoms with Gasteiger partial charge in [0.05, 0.1) is 6.61 Å². The molecular weight excluding hydrogens is 334 g/mol. The Morgan fingerprint density at radius 2 is 1.95 bits per heavy atom. The third kappa shape index (κ3) is 5.67. The van der Waals surface area contributed by atoms with Gasteiger partial charge in [0, 0.05) is 18.1 Å². The second-order valence-corrected chi connectivity index (χ2v) is 6.34. The van der Waals surface area contributed by atoms with Gasteiger partial charge in [-0.1, -0.05) is 29.8 Å². The average molecular weight is 358 g/mol. The first-order valence-corrected chi connectivity index (χ1v) is 8.19. The summed E-state index contributed by atoms with van der Waals surface area (Å²) in [5.74, 6) is 1.03. The van der Waals surface area contributed by atoms with E-state index in [0.29, 0.717) is 18.9 Å². The fraction of sp³-hybridized carbons (Fsp3) is 0.562. The second-order valence-electron chi connectivity index (χ2n) is 5.55. The zero-order valence-corrected chi connectivity index (χ0v) is 14.7. The summed E-state index contributed by atoms with van der Waals surface area (Å²) in [6.45, 7) is 6.57. The highest BCUT2D eigenvalue weighted by molar-refractivity contribution is 9.09. The predicted molar refractivity (Wildman–Crippen MR) is 89.2 cm³/mol. The van der Waals surface area contributed by atoms with Crippen molar-refractivity contribution in [2.24, 2.45) is 5.92 Å². The van der Waals surface area contributed by atoms with Crippen LogP contribution in [0.1, 0.15) is 27.2 Å². The van der Waals surface area contributed by atoms with Gasteiger partial charge in [0.2, 0.25) is 0 Å². The van der Waals surface area contributed by atoms with Crippen LogP contribution in [0.5, 0.6) is 5.75 Å². The lowest BCUT2D eigenvalue weighted by atomic mass is 9.93. The summed E-state index contributed by atoms with van der Waals surface area (Å²) in [6, 6.07) is 7.33. The Hall–Kier alpha value is -1.07. The van der Waals surface area contributed by atoms with Crippen LogP contribution < -0.4 is 10.1 Å². The first-order valence-electron chi connectivity index (χ1n) is 7.06. The molecule has 1 atom stereocenters. The minimum Gasteiger partial charge on any atom is -0.493 e. The minimum atomic E-state index is -0.820. The van der Waals surface area contributed by atoms with Crippen LogP contribution in [0.25, 0.3) is 0 Å². The Morgan fingerprint density at radius 3 is 2.43 bits per heavy atom. The first-order chi connectivity index (χ1) is 9.91. The third-order valence-corrected chi connectivity index (χ3v) is 3.51. The molecule has 118 valence electrons. The SMILES string of the molecule is CO[C@@](C)(CC(C)C)C(=O)Nc1ccc(OCCBr)cc1. The number of hydrogen-bond donors (Lipinski definition) is 1. The molecule has 0 bridgehead atoms. The molecule has 0 heterocycles. The van der Waals surface area contributed by atoms with Crippen LogP contribution >= 0.6 is 15.9 Å². The van der Waals surface area contributed by atoms with Crippen molar-refractivity contribution in [3.8, 4) is 5.75 Å². The molecule has 1 N–H and O–H groups in total. The Kier molecular flexibility index (Phi) is 7.18. The lowest BCUT2D eigenvalue weighted by Crippen LogP contribution is -2.43. The van der Waals surface area contributed by atoms with Crippen molar-refractivity contribution < 1.29 is 14.3 Å². The lowest BCUT2D eigenvalue weighted by Gasteiger charge is -2.28. The maximum absolute atomic E-state index is 12.4. The first kappa shape index (κ1) is 18.0. The van der Waals surface area contributed by atoms with Crippen molar-refractivity contribution in [2.45, 2.75) is 32.8 Å². The molecule has 1 rings (SSSR count). The van der Waals surface area contributed by atoms with Gasteiger partial charge < -0.3 is 14.8 Å². The van der Waals surface area contributed by atoms with Gasteiger partial charge in [0.1, 0.15) is 11.4 Å². The number of rotatable bonds is 8. The van der Waals surface area contributed by atoms with Crippen LogP contribution in [0.3, 0.4) is 0 Å². The van der Waals surface area contributed by atoms with E-state index >= 15 is 0 Å². The van der Waals surface area contributed by atoms with Gasteiger partial charge >= 0.3 is 0 Å². The second kappa shape index (κ2) is 8.39. The number of hydrogen-bond acceptors (Lipinski definition) is 3. The number of alkyl halides is 1. The molecule has 0 aliphatic carbocycles. The highest BCUT2D eigenvalue weighted by Crippen LogP contribution is 2.23. The largest absolute Gasteiger partial charge is 0.493 e. The summed E-state index contributed by atoms with van der Waals surface area (Å²) in [5, 5.41) is 3.68. The van der Waals surface area contributed by atoms with E-state index in [0.717, 1.165) is 16.8 Å². The zero-order valence-electron chi connectivity index (χ0n) is 13.1. The van der Waals surface area contributed by atoms with E-state index < -0.39 is 5.60 Å². The van der Waals surface area contributed by atoms with Crippen molar-refractivity contribution in [1.29, 1.82) is 0 Å². The molecule has 0 unspecified atom stereocenters. The molecule has 0 spiro atoms.